The average Bonchev–Trinajstić information content (AvgIpc) is 3.32. The number of carboxylic acids is 1. The lowest BCUT2D eigenvalue weighted by molar-refractivity contribution is 0.0695. The Morgan fingerprint density at radius 1 is 1.45 bits per heavy atom. The van der Waals surface area contributed by atoms with Crippen LogP contribution < -0.4 is 15.5 Å². The van der Waals surface area contributed by atoms with E-state index in [0.29, 0.717) is 23.4 Å². The largest absolute Gasteiger partial charge is 0.495 e. The molecule has 0 saturated heterocycles. The predicted molar refractivity (Wildman–Crippen MR) is 84.2 cm³/mol. The van der Waals surface area contributed by atoms with Crippen molar-refractivity contribution in [3.05, 3.63) is 34.1 Å². The van der Waals surface area contributed by atoms with Crippen LogP contribution in [0.15, 0.2) is 23.1 Å². The molecule has 0 unspecified atom stereocenters. The van der Waals surface area contributed by atoms with Crippen LogP contribution in [0.4, 0.5) is 5.69 Å². The van der Waals surface area contributed by atoms with E-state index in [1.165, 1.54) is 6.20 Å². The summed E-state index contributed by atoms with van der Waals surface area (Å²) >= 11 is 0. The van der Waals surface area contributed by atoms with Crippen LogP contribution in [-0.4, -0.2) is 29.3 Å². The van der Waals surface area contributed by atoms with Gasteiger partial charge in [-0.2, -0.15) is 0 Å². The fourth-order valence-electron chi connectivity index (χ4n) is 2.68. The second kappa shape index (κ2) is 5.36. The first-order valence-corrected chi connectivity index (χ1v) is 7.30. The topological polar surface area (TPSA) is 80.6 Å². The van der Waals surface area contributed by atoms with Crippen molar-refractivity contribution in [2.75, 3.05) is 19.0 Å². The molecule has 22 heavy (non-hydrogen) atoms. The van der Waals surface area contributed by atoms with Gasteiger partial charge in [0, 0.05) is 30.2 Å². The Labute approximate surface area is 127 Å². The van der Waals surface area contributed by atoms with Crippen molar-refractivity contribution in [2.24, 2.45) is 0 Å². The first kappa shape index (κ1) is 14.4. The number of ether oxygens (including phenoxy) is 1. The summed E-state index contributed by atoms with van der Waals surface area (Å²) in [5.41, 5.74) is 0.767. The van der Waals surface area contributed by atoms with Crippen LogP contribution >= 0.6 is 0 Å². The van der Waals surface area contributed by atoms with Gasteiger partial charge in [0.25, 0.3) is 0 Å². The Balaban J connectivity index is 2.35. The molecule has 1 aromatic heterocycles. The highest BCUT2D eigenvalue weighted by atomic mass is 16.5. The third-order valence-electron chi connectivity index (χ3n) is 3.89. The number of hydrogen-bond acceptors (Lipinski definition) is 4. The van der Waals surface area contributed by atoms with E-state index < -0.39 is 11.4 Å². The average molecular weight is 302 g/mol. The number of aromatic carboxylic acids is 1. The van der Waals surface area contributed by atoms with Crippen molar-refractivity contribution in [2.45, 2.75) is 25.8 Å². The molecular formula is C16H18N2O4. The molecule has 0 spiro atoms. The second-order valence-electron chi connectivity index (χ2n) is 5.42. The van der Waals surface area contributed by atoms with E-state index in [9.17, 15) is 14.7 Å². The molecule has 1 heterocycles. The molecule has 0 radical (unpaired) electrons. The number of methoxy groups -OCH3 is 1. The first-order chi connectivity index (χ1) is 10.6. The van der Waals surface area contributed by atoms with E-state index in [-0.39, 0.29) is 11.6 Å². The fourth-order valence-corrected chi connectivity index (χ4v) is 2.68. The van der Waals surface area contributed by atoms with Crippen LogP contribution in [-0.2, 0) is 0 Å². The highest BCUT2D eigenvalue weighted by Crippen LogP contribution is 2.38. The van der Waals surface area contributed by atoms with Crippen LogP contribution in [0.1, 0.15) is 36.2 Å². The summed E-state index contributed by atoms with van der Waals surface area (Å²) in [5.74, 6) is -0.548. The minimum atomic E-state index is -1.19. The summed E-state index contributed by atoms with van der Waals surface area (Å²) in [7, 11) is 1.58. The number of hydrogen-bond donors (Lipinski definition) is 2. The molecule has 1 saturated carbocycles. The fraction of sp³-hybridized carbons (Fsp3) is 0.375. The van der Waals surface area contributed by atoms with Gasteiger partial charge in [0.15, 0.2) is 0 Å². The zero-order valence-corrected chi connectivity index (χ0v) is 12.5. The normalized spacial score (nSPS) is 14.1. The van der Waals surface area contributed by atoms with Crippen molar-refractivity contribution in [3.63, 3.8) is 0 Å². The Hall–Kier alpha value is -2.50. The highest BCUT2D eigenvalue weighted by molar-refractivity contribution is 5.94. The first-order valence-electron chi connectivity index (χ1n) is 7.30. The maximum atomic E-state index is 12.5. The van der Waals surface area contributed by atoms with Crippen molar-refractivity contribution in [1.82, 2.24) is 4.57 Å². The molecular weight excluding hydrogens is 284 g/mol. The highest BCUT2D eigenvalue weighted by Gasteiger charge is 2.27. The van der Waals surface area contributed by atoms with Gasteiger partial charge in [0.05, 0.1) is 18.3 Å². The van der Waals surface area contributed by atoms with Gasteiger partial charge in [-0.3, -0.25) is 4.79 Å². The van der Waals surface area contributed by atoms with E-state index in [1.807, 2.05) is 11.5 Å². The van der Waals surface area contributed by atoms with Crippen LogP contribution in [0.3, 0.4) is 0 Å². The molecule has 1 aliphatic carbocycles. The van der Waals surface area contributed by atoms with Gasteiger partial charge in [-0.15, -0.1) is 0 Å². The zero-order chi connectivity index (χ0) is 15.9. The van der Waals surface area contributed by atoms with Gasteiger partial charge in [-0.05, 0) is 25.8 Å². The standard InChI is InChI=1S/C16H18N2O4/c1-3-17-12-6-10-13(7-14(12)22-2)18(9-4-5-9)8-11(15(10)19)16(20)21/h6-9,17H,3-5H2,1-2H3,(H,20,21). The van der Waals surface area contributed by atoms with Crippen molar-refractivity contribution in [1.29, 1.82) is 0 Å². The number of carboxylic acid groups (broad SMARTS) is 1. The molecule has 3 rings (SSSR count). The molecule has 0 amide bonds. The smallest absolute Gasteiger partial charge is 0.341 e. The Kier molecular flexibility index (Phi) is 3.52. The van der Waals surface area contributed by atoms with E-state index in [0.717, 1.165) is 18.4 Å². The zero-order valence-electron chi connectivity index (χ0n) is 12.5. The van der Waals surface area contributed by atoms with Crippen LogP contribution in [0.2, 0.25) is 0 Å². The third-order valence-corrected chi connectivity index (χ3v) is 3.89. The van der Waals surface area contributed by atoms with E-state index in [1.54, 1.807) is 19.2 Å². The van der Waals surface area contributed by atoms with E-state index >= 15 is 0 Å². The number of aromatic nitrogens is 1. The number of rotatable bonds is 5. The summed E-state index contributed by atoms with van der Waals surface area (Å²) in [4.78, 5) is 23.8. The van der Waals surface area contributed by atoms with Gasteiger partial charge >= 0.3 is 5.97 Å². The van der Waals surface area contributed by atoms with Crippen molar-refractivity contribution >= 4 is 22.6 Å². The number of nitrogens with zero attached hydrogens (tertiary/aromatic N) is 1. The Morgan fingerprint density at radius 3 is 2.73 bits per heavy atom. The molecule has 2 N–H and O–H groups in total. The summed E-state index contributed by atoms with van der Waals surface area (Å²) in [6.07, 6.45) is 3.44. The van der Waals surface area contributed by atoms with E-state index in [2.05, 4.69) is 5.32 Å². The lowest BCUT2D eigenvalue weighted by Crippen LogP contribution is -2.19. The van der Waals surface area contributed by atoms with Gasteiger partial charge in [-0.25, -0.2) is 4.79 Å². The number of nitrogens with one attached hydrogen (secondary N) is 1. The monoisotopic (exact) mass is 302 g/mol. The van der Waals surface area contributed by atoms with Gasteiger partial charge in [0.2, 0.25) is 5.43 Å². The molecule has 1 fully saturated rings. The van der Waals surface area contributed by atoms with Gasteiger partial charge < -0.3 is 19.7 Å². The number of pyridine rings is 1. The molecule has 0 aliphatic heterocycles. The predicted octanol–water partition coefficient (Wildman–Crippen LogP) is 2.48. The summed E-state index contributed by atoms with van der Waals surface area (Å²) in [6, 6.07) is 3.75. The second-order valence-corrected chi connectivity index (χ2v) is 5.42. The number of benzene rings is 1. The van der Waals surface area contributed by atoms with Crippen LogP contribution in [0.5, 0.6) is 5.75 Å². The molecule has 6 heteroatoms. The lowest BCUT2D eigenvalue weighted by Gasteiger charge is -2.15. The third kappa shape index (κ3) is 2.30. The van der Waals surface area contributed by atoms with Crippen LogP contribution in [0, 0.1) is 0 Å². The van der Waals surface area contributed by atoms with Gasteiger partial charge in [0.1, 0.15) is 11.3 Å². The molecule has 116 valence electrons. The summed E-state index contributed by atoms with van der Waals surface area (Å²) in [5, 5.41) is 12.8. The molecule has 0 atom stereocenters. The van der Waals surface area contributed by atoms with E-state index in [4.69, 9.17) is 4.74 Å². The SMILES string of the molecule is CCNc1cc2c(=O)c(C(=O)O)cn(C3CC3)c2cc1OC. The minimum Gasteiger partial charge on any atom is -0.495 e. The number of anilines is 1. The molecule has 1 aliphatic rings. The van der Waals surface area contributed by atoms with Crippen LogP contribution in [0.25, 0.3) is 10.9 Å². The maximum Gasteiger partial charge on any atom is 0.341 e. The summed E-state index contributed by atoms with van der Waals surface area (Å²) in [6.45, 7) is 2.62. The van der Waals surface area contributed by atoms with Crippen molar-refractivity contribution in [3.8, 4) is 5.75 Å². The molecule has 2 aromatic rings. The molecule has 6 nitrogen and oxygen atoms in total. The number of carbonyl (C=O) groups is 1. The Morgan fingerprint density at radius 2 is 2.18 bits per heavy atom. The quantitative estimate of drug-likeness (QED) is 0.887. The minimum absolute atomic E-state index is 0.188. The molecule has 1 aromatic carbocycles. The number of fused-ring (bicyclic) bond motifs is 1. The lowest BCUT2D eigenvalue weighted by atomic mass is 10.1. The molecule has 0 bridgehead atoms. The summed E-state index contributed by atoms with van der Waals surface area (Å²) < 4.78 is 7.27. The van der Waals surface area contributed by atoms with Crippen molar-refractivity contribution < 1.29 is 14.6 Å². The maximum absolute atomic E-state index is 12.5. The van der Waals surface area contributed by atoms with Gasteiger partial charge in [-0.1, -0.05) is 0 Å². The Bertz CT molecular complexity index is 806.